The van der Waals surface area contributed by atoms with Gasteiger partial charge in [-0.05, 0) is 45.2 Å². The highest BCUT2D eigenvalue weighted by molar-refractivity contribution is 5.12. The van der Waals surface area contributed by atoms with Gasteiger partial charge >= 0.3 is 0 Å². The van der Waals surface area contributed by atoms with E-state index in [2.05, 4.69) is 32.7 Å². The van der Waals surface area contributed by atoms with Crippen molar-refractivity contribution in [2.75, 3.05) is 0 Å². The molecule has 0 unspecified atom stereocenters. The van der Waals surface area contributed by atoms with Crippen molar-refractivity contribution in [2.24, 2.45) is 0 Å². The van der Waals surface area contributed by atoms with Crippen molar-refractivity contribution in [1.29, 1.82) is 0 Å². The molecule has 0 saturated heterocycles. The lowest BCUT2D eigenvalue weighted by Gasteiger charge is -2.32. The number of aromatic nitrogens is 4. The second kappa shape index (κ2) is 6.99. The second-order valence-corrected chi connectivity index (χ2v) is 7.31. The van der Waals surface area contributed by atoms with Crippen LogP contribution in [0.3, 0.4) is 0 Å². The van der Waals surface area contributed by atoms with Crippen LogP contribution in [-0.2, 0) is 12.1 Å². The van der Waals surface area contributed by atoms with Gasteiger partial charge < -0.3 is 10.4 Å². The average molecular weight is 329 g/mol. The normalized spacial score (nSPS) is 21.8. The molecule has 2 aromatic rings. The van der Waals surface area contributed by atoms with E-state index in [0.717, 1.165) is 25.1 Å². The topological polar surface area (TPSA) is 75.9 Å². The highest BCUT2D eigenvalue weighted by Crippen LogP contribution is 2.29. The van der Waals surface area contributed by atoms with Crippen LogP contribution in [0.5, 0.6) is 0 Å². The molecule has 1 aliphatic rings. The Hall–Kier alpha value is -1.79. The number of rotatable bonds is 5. The van der Waals surface area contributed by atoms with E-state index < -0.39 is 5.60 Å². The number of nitrogens with one attached hydrogen (secondary N) is 1. The Kier molecular flexibility index (Phi) is 4.96. The van der Waals surface area contributed by atoms with E-state index in [-0.39, 0.29) is 6.04 Å². The number of hydrogen-bond donors (Lipinski definition) is 2. The van der Waals surface area contributed by atoms with Crippen LogP contribution in [0.15, 0.2) is 24.5 Å². The molecule has 3 rings (SSSR count). The van der Waals surface area contributed by atoms with Crippen molar-refractivity contribution in [3.8, 4) is 0 Å². The van der Waals surface area contributed by atoms with E-state index in [1.54, 1.807) is 13.8 Å². The molecule has 6 nitrogen and oxygen atoms in total. The summed E-state index contributed by atoms with van der Waals surface area (Å²) < 4.78 is 1.92. The van der Waals surface area contributed by atoms with Gasteiger partial charge in [0.1, 0.15) is 11.3 Å². The van der Waals surface area contributed by atoms with E-state index >= 15 is 0 Å². The maximum atomic E-state index is 10.1. The summed E-state index contributed by atoms with van der Waals surface area (Å²) in [6.45, 7) is 6.28. The van der Waals surface area contributed by atoms with Gasteiger partial charge in [-0.2, -0.15) is 0 Å². The molecule has 2 heterocycles. The molecule has 2 atom stereocenters. The number of nitrogens with zero attached hydrogens (tertiary/aromatic N) is 4. The first-order valence-corrected chi connectivity index (χ1v) is 8.73. The third kappa shape index (κ3) is 3.99. The van der Waals surface area contributed by atoms with Crippen molar-refractivity contribution in [3.05, 3.63) is 41.5 Å². The average Bonchev–Trinajstić information content (AvgIpc) is 3.05. The minimum Gasteiger partial charge on any atom is -0.384 e. The van der Waals surface area contributed by atoms with Crippen LogP contribution in [0.25, 0.3) is 0 Å². The highest BCUT2D eigenvalue weighted by atomic mass is 16.3. The Morgan fingerprint density at radius 1 is 1.29 bits per heavy atom. The fraction of sp³-hybridized carbons (Fsp3) is 0.611. The Labute approximate surface area is 143 Å². The van der Waals surface area contributed by atoms with Gasteiger partial charge in [-0.3, -0.25) is 4.98 Å². The van der Waals surface area contributed by atoms with Gasteiger partial charge in [0, 0.05) is 18.8 Å². The highest BCUT2D eigenvalue weighted by Gasteiger charge is 2.29. The third-order valence-electron chi connectivity index (χ3n) is 4.72. The van der Waals surface area contributed by atoms with Crippen LogP contribution < -0.4 is 5.32 Å². The minimum absolute atomic E-state index is 0.271. The smallest absolute Gasteiger partial charge is 0.114 e. The molecular formula is C18H27N5O. The zero-order valence-electron chi connectivity index (χ0n) is 14.7. The standard InChI is InChI=1S/C18H27N5O/c1-13-8-9-14(19-10-13)11-20-15-6-4-5-7-16(15)23-12-17(21-22-23)18(2,3)24/h8-10,12,15-16,20,24H,4-7,11H2,1-3H3/t15-,16+/m0/s1. The Morgan fingerprint density at radius 3 is 2.75 bits per heavy atom. The molecule has 24 heavy (non-hydrogen) atoms. The molecule has 0 aromatic carbocycles. The monoisotopic (exact) mass is 329 g/mol. The summed E-state index contributed by atoms with van der Waals surface area (Å²) in [6.07, 6.45) is 8.41. The van der Waals surface area contributed by atoms with Crippen LogP contribution >= 0.6 is 0 Å². The lowest BCUT2D eigenvalue weighted by Crippen LogP contribution is -2.39. The van der Waals surface area contributed by atoms with Crippen molar-refractivity contribution in [1.82, 2.24) is 25.3 Å². The summed E-state index contributed by atoms with van der Waals surface area (Å²) in [5.41, 5.74) is 1.89. The van der Waals surface area contributed by atoms with Crippen LogP contribution in [-0.4, -0.2) is 31.1 Å². The van der Waals surface area contributed by atoms with Crippen LogP contribution in [0, 0.1) is 6.92 Å². The van der Waals surface area contributed by atoms with E-state index in [4.69, 9.17) is 0 Å². The van der Waals surface area contributed by atoms with Gasteiger partial charge in [0.05, 0.1) is 17.9 Å². The zero-order chi connectivity index (χ0) is 17.2. The zero-order valence-corrected chi connectivity index (χ0v) is 14.7. The molecular weight excluding hydrogens is 302 g/mol. The Morgan fingerprint density at radius 2 is 2.08 bits per heavy atom. The summed E-state index contributed by atoms with van der Waals surface area (Å²) >= 11 is 0. The van der Waals surface area contributed by atoms with Crippen molar-refractivity contribution in [2.45, 2.75) is 70.7 Å². The predicted octanol–water partition coefficient (Wildman–Crippen LogP) is 2.48. The van der Waals surface area contributed by atoms with Crippen LogP contribution in [0.1, 0.15) is 62.5 Å². The van der Waals surface area contributed by atoms with Gasteiger partial charge in [0.25, 0.3) is 0 Å². The van der Waals surface area contributed by atoms with E-state index in [1.165, 1.54) is 18.4 Å². The summed E-state index contributed by atoms with van der Waals surface area (Å²) in [5.74, 6) is 0. The van der Waals surface area contributed by atoms with Gasteiger partial charge in [-0.15, -0.1) is 5.10 Å². The molecule has 0 spiro atoms. The van der Waals surface area contributed by atoms with Gasteiger partial charge in [-0.25, -0.2) is 4.68 Å². The quantitative estimate of drug-likeness (QED) is 0.881. The molecule has 1 fully saturated rings. The lowest BCUT2D eigenvalue weighted by molar-refractivity contribution is 0.0736. The Balaban J connectivity index is 1.69. The fourth-order valence-electron chi connectivity index (χ4n) is 3.22. The molecule has 2 N–H and O–H groups in total. The first-order chi connectivity index (χ1) is 11.4. The largest absolute Gasteiger partial charge is 0.384 e. The predicted molar refractivity (Wildman–Crippen MR) is 92.4 cm³/mol. The SMILES string of the molecule is Cc1ccc(CN[C@H]2CCCC[C@H]2n2cc(C(C)(C)O)nn2)nc1. The maximum Gasteiger partial charge on any atom is 0.114 e. The summed E-state index contributed by atoms with van der Waals surface area (Å²) in [7, 11) is 0. The van der Waals surface area contributed by atoms with Crippen molar-refractivity contribution >= 4 is 0 Å². The molecule has 2 aromatic heterocycles. The first-order valence-electron chi connectivity index (χ1n) is 8.73. The molecule has 0 bridgehead atoms. The van der Waals surface area contributed by atoms with Gasteiger partial charge in [-0.1, -0.05) is 24.1 Å². The molecule has 1 aliphatic carbocycles. The number of aryl methyl sites for hydroxylation is 1. The van der Waals surface area contributed by atoms with Gasteiger partial charge in [0.15, 0.2) is 0 Å². The lowest BCUT2D eigenvalue weighted by atomic mass is 9.90. The molecule has 1 saturated carbocycles. The molecule has 6 heteroatoms. The number of aliphatic hydroxyl groups is 1. The van der Waals surface area contributed by atoms with Gasteiger partial charge in [0.2, 0.25) is 0 Å². The second-order valence-electron chi connectivity index (χ2n) is 7.31. The molecule has 130 valence electrons. The van der Waals surface area contributed by atoms with Crippen molar-refractivity contribution in [3.63, 3.8) is 0 Å². The fourth-order valence-corrected chi connectivity index (χ4v) is 3.22. The van der Waals surface area contributed by atoms with Crippen molar-refractivity contribution < 1.29 is 5.11 Å². The number of hydrogen-bond acceptors (Lipinski definition) is 5. The summed E-state index contributed by atoms with van der Waals surface area (Å²) in [4.78, 5) is 4.47. The molecule has 0 aliphatic heterocycles. The van der Waals surface area contributed by atoms with E-state index in [1.807, 2.05) is 24.0 Å². The van der Waals surface area contributed by atoms with E-state index in [9.17, 15) is 5.11 Å². The summed E-state index contributed by atoms with van der Waals surface area (Å²) in [5, 5.41) is 22.2. The number of pyridine rings is 1. The van der Waals surface area contributed by atoms with E-state index in [0.29, 0.717) is 11.7 Å². The van der Waals surface area contributed by atoms with Crippen LogP contribution in [0.4, 0.5) is 0 Å². The first kappa shape index (κ1) is 17.0. The molecule has 0 radical (unpaired) electrons. The molecule has 0 amide bonds. The van der Waals surface area contributed by atoms with Crippen LogP contribution in [0.2, 0.25) is 0 Å². The maximum absolute atomic E-state index is 10.1. The Bertz CT molecular complexity index is 659. The minimum atomic E-state index is -0.957. The third-order valence-corrected chi connectivity index (χ3v) is 4.72. The summed E-state index contributed by atoms with van der Waals surface area (Å²) in [6, 6.07) is 4.78.